The Kier molecular flexibility index (Phi) is 4.47. The molecule has 0 spiro atoms. The quantitative estimate of drug-likeness (QED) is 0.425. The van der Waals surface area contributed by atoms with Gasteiger partial charge >= 0.3 is 0 Å². The van der Waals surface area contributed by atoms with Crippen LogP contribution < -0.4 is 16.0 Å². The van der Waals surface area contributed by atoms with Gasteiger partial charge in [-0.15, -0.1) is 5.10 Å². The lowest BCUT2D eigenvalue weighted by Gasteiger charge is -2.22. The summed E-state index contributed by atoms with van der Waals surface area (Å²) in [7, 11) is 3.64. The van der Waals surface area contributed by atoms with Crippen molar-refractivity contribution in [3.8, 4) is 0 Å². The molecule has 1 aliphatic heterocycles. The van der Waals surface area contributed by atoms with Gasteiger partial charge in [0.05, 0.1) is 36.2 Å². The van der Waals surface area contributed by atoms with Crippen LogP contribution in [-0.2, 0) is 18.4 Å². The fourth-order valence-corrected chi connectivity index (χ4v) is 3.64. The lowest BCUT2D eigenvalue weighted by Crippen LogP contribution is -2.41. The molecule has 0 fully saturated rings. The fourth-order valence-electron chi connectivity index (χ4n) is 3.64. The number of aromatic nitrogens is 6. The molecule has 0 saturated heterocycles. The largest absolute Gasteiger partial charge is 0.373 e. The summed E-state index contributed by atoms with van der Waals surface area (Å²) in [4.78, 5) is 17.6. The molecule has 31 heavy (non-hydrogen) atoms. The normalized spacial score (nSPS) is 19.3. The predicted molar refractivity (Wildman–Crippen MR) is 116 cm³/mol. The number of carbonyl (C=O) groups is 1. The maximum Gasteiger partial charge on any atom is 0.257 e. The molecular weight excluding hydrogens is 398 g/mol. The van der Waals surface area contributed by atoms with E-state index >= 15 is 0 Å². The van der Waals surface area contributed by atoms with E-state index in [2.05, 4.69) is 36.3 Å². The molecule has 5 rings (SSSR count). The number of hydrogen-bond acceptors (Lipinski definition) is 8. The zero-order chi connectivity index (χ0) is 21.7. The molecule has 3 aromatic heterocycles. The van der Waals surface area contributed by atoms with E-state index in [0.29, 0.717) is 29.5 Å². The van der Waals surface area contributed by atoms with E-state index in [4.69, 9.17) is 4.74 Å². The van der Waals surface area contributed by atoms with Crippen molar-refractivity contribution in [2.24, 2.45) is 7.05 Å². The Morgan fingerprint density at radius 2 is 2.10 bits per heavy atom. The van der Waals surface area contributed by atoms with Gasteiger partial charge in [0.2, 0.25) is 0 Å². The first-order valence-corrected chi connectivity index (χ1v) is 10.0. The van der Waals surface area contributed by atoms with Gasteiger partial charge in [-0.1, -0.05) is 5.21 Å². The number of nitrogens with one attached hydrogen (secondary N) is 3. The molecule has 1 aromatic carbocycles. The molecular formula is C20H23N9O2. The highest BCUT2D eigenvalue weighted by Gasteiger charge is 2.22. The van der Waals surface area contributed by atoms with Crippen LogP contribution in [0, 0.1) is 0 Å². The molecule has 4 bridgehead atoms. The summed E-state index contributed by atoms with van der Waals surface area (Å²) in [6.45, 7) is 4.23. The Balaban J connectivity index is 1.73. The minimum atomic E-state index is -0.253. The average Bonchev–Trinajstić information content (AvgIpc) is 3.35. The summed E-state index contributed by atoms with van der Waals surface area (Å²) in [5, 5.41) is 22.2. The second-order valence-corrected chi connectivity index (χ2v) is 7.70. The first-order chi connectivity index (χ1) is 14.9. The van der Waals surface area contributed by atoms with Gasteiger partial charge in [-0.05, 0) is 31.5 Å². The van der Waals surface area contributed by atoms with Crippen molar-refractivity contribution >= 4 is 39.9 Å². The number of amides is 1. The van der Waals surface area contributed by atoms with E-state index in [-0.39, 0.29) is 18.1 Å². The lowest BCUT2D eigenvalue weighted by atomic mass is 10.1. The highest BCUT2D eigenvalue weighted by Crippen LogP contribution is 2.28. The van der Waals surface area contributed by atoms with E-state index in [0.717, 1.165) is 22.3 Å². The molecule has 3 N–H and O–H groups in total. The van der Waals surface area contributed by atoms with Crippen LogP contribution in [0.3, 0.4) is 0 Å². The zero-order valence-electron chi connectivity index (χ0n) is 17.7. The van der Waals surface area contributed by atoms with Crippen molar-refractivity contribution in [1.29, 1.82) is 0 Å². The monoisotopic (exact) mass is 421 g/mol. The van der Waals surface area contributed by atoms with E-state index in [1.165, 1.54) is 6.20 Å². The van der Waals surface area contributed by atoms with Crippen LogP contribution in [0.5, 0.6) is 0 Å². The number of ether oxygens (including phenoxy) is 1. The summed E-state index contributed by atoms with van der Waals surface area (Å²) in [5.74, 6) is 0.987. The predicted octanol–water partition coefficient (Wildman–Crippen LogP) is 1.83. The Labute approximate surface area is 177 Å². The van der Waals surface area contributed by atoms with E-state index in [1.807, 2.05) is 39.1 Å². The van der Waals surface area contributed by atoms with E-state index in [9.17, 15) is 4.79 Å². The molecule has 160 valence electrons. The number of hydrogen-bond donors (Lipinski definition) is 3. The number of benzene rings is 1. The smallest absolute Gasteiger partial charge is 0.257 e. The van der Waals surface area contributed by atoms with Crippen LogP contribution in [0.2, 0.25) is 0 Å². The van der Waals surface area contributed by atoms with Crippen molar-refractivity contribution in [3.05, 3.63) is 35.5 Å². The SMILES string of the molecule is CNc1cc2nc3c(cnn13)C(=O)N[C@H](C)[C@@H](C)OCc1cc(c3nnn(C)c3c1)N2. The van der Waals surface area contributed by atoms with Crippen molar-refractivity contribution in [2.45, 2.75) is 32.6 Å². The van der Waals surface area contributed by atoms with Crippen molar-refractivity contribution < 1.29 is 9.53 Å². The molecule has 0 unspecified atom stereocenters. The first-order valence-electron chi connectivity index (χ1n) is 10.0. The molecule has 0 aliphatic carbocycles. The van der Waals surface area contributed by atoms with Gasteiger partial charge in [0.15, 0.2) is 5.65 Å². The van der Waals surface area contributed by atoms with Crippen LogP contribution in [-0.4, -0.2) is 54.7 Å². The maximum absolute atomic E-state index is 12.9. The zero-order valence-corrected chi connectivity index (χ0v) is 17.7. The van der Waals surface area contributed by atoms with Gasteiger partial charge in [-0.3, -0.25) is 4.79 Å². The van der Waals surface area contributed by atoms with Crippen molar-refractivity contribution in [2.75, 3.05) is 17.7 Å². The molecule has 2 atom stereocenters. The number of anilines is 3. The minimum Gasteiger partial charge on any atom is -0.373 e. The van der Waals surface area contributed by atoms with Crippen LogP contribution in [0.4, 0.5) is 17.3 Å². The van der Waals surface area contributed by atoms with Crippen LogP contribution in [0.25, 0.3) is 16.7 Å². The van der Waals surface area contributed by atoms with Crippen molar-refractivity contribution in [3.63, 3.8) is 0 Å². The Bertz CT molecular complexity index is 1310. The highest BCUT2D eigenvalue weighted by atomic mass is 16.5. The van der Waals surface area contributed by atoms with Crippen LogP contribution in [0.1, 0.15) is 29.8 Å². The third kappa shape index (κ3) is 3.22. The third-order valence-electron chi connectivity index (χ3n) is 5.59. The van der Waals surface area contributed by atoms with E-state index < -0.39 is 0 Å². The summed E-state index contributed by atoms with van der Waals surface area (Å²) in [5.41, 5.74) is 4.14. The topological polar surface area (TPSA) is 123 Å². The standard InChI is InChI=1S/C20H23N9O2/c1-10-11(2)31-9-12-5-14(18-15(6-12)28(4)27-26-18)24-16-7-17(21-3)29-19(25-16)13(8-22-29)20(30)23-10/h5-8,10-11,21H,9H2,1-4H3,(H,23,30)(H,24,25)/t10-,11-/m1/s1. The van der Waals surface area contributed by atoms with Gasteiger partial charge in [0.1, 0.15) is 22.7 Å². The second-order valence-electron chi connectivity index (χ2n) is 7.70. The number of fused-ring (bicyclic) bond motifs is 5. The molecule has 11 heteroatoms. The highest BCUT2D eigenvalue weighted by molar-refractivity contribution is 6.00. The molecule has 1 aliphatic rings. The average molecular weight is 421 g/mol. The van der Waals surface area contributed by atoms with Gasteiger partial charge in [0.25, 0.3) is 5.91 Å². The second kappa shape index (κ2) is 7.20. The molecule has 4 heterocycles. The van der Waals surface area contributed by atoms with Crippen LogP contribution in [0.15, 0.2) is 24.4 Å². The van der Waals surface area contributed by atoms with E-state index in [1.54, 1.807) is 16.2 Å². The molecule has 1 amide bonds. The Morgan fingerprint density at radius 3 is 2.90 bits per heavy atom. The van der Waals surface area contributed by atoms with Gasteiger partial charge in [0, 0.05) is 20.2 Å². The third-order valence-corrected chi connectivity index (χ3v) is 5.59. The summed E-state index contributed by atoms with van der Waals surface area (Å²) in [6.07, 6.45) is 1.32. The minimum absolute atomic E-state index is 0.207. The number of carbonyl (C=O) groups excluding carboxylic acids is 1. The molecule has 0 radical (unpaired) electrons. The number of nitrogens with zero attached hydrogens (tertiary/aromatic N) is 6. The Morgan fingerprint density at radius 1 is 1.26 bits per heavy atom. The maximum atomic E-state index is 12.9. The molecule has 0 saturated carbocycles. The van der Waals surface area contributed by atoms with Gasteiger partial charge in [-0.2, -0.15) is 9.61 Å². The summed E-state index contributed by atoms with van der Waals surface area (Å²) in [6, 6.07) is 5.61. The Hall–Kier alpha value is -3.73. The summed E-state index contributed by atoms with van der Waals surface area (Å²) >= 11 is 0. The van der Waals surface area contributed by atoms with Crippen LogP contribution >= 0.6 is 0 Å². The molecule has 11 nitrogen and oxygen atoms in total. The summed E-state index contributed by atoms with van der Waals surface area (Å²) < 4.78 is 9.38. The fraction of sp³-hybridized carbons (Fsp3) is 0.350. The number of aryl methyl sites for hydroxylation is 1. The molecule has 4 aromatic rings. The van der Waals surface area contributed by atoms with Crippen molar-refractivity contribution in [1.82, 2.24) is 34.9 Å². The first kappa shape index (κ1) is 19.2. The number of rotatable bonds is 1. The van der Waals surface area contributed by atoms with Gasteiger partial charge < -0.3 is 20.7 Å². The lowest BCUT2D eigenvalue weighted by molar-refractivity contribution is 0.0303. The van der Waals surface area contributed by atoms with Gasteiger partial charge in [-0.25, -0.2) is 9.67 Å².